The second-order valence-electron chi connectivity index (χ2n) is 5.06. The number of amidine groups is 1. The summed E-state index contributed by atoms with van der Waals surface area (Å²) in [6.45, 7) is 0.256. The number of para-hydroxylation sites is 1. The van der Waals surface area contributed by atoms with E-state index in [4.69, 9.17) is 15.3 Å². The quantitative estimate of drug-likeness (QED) is 0.429. The molecule has 5 nitrogen and oxygen atoms in total. The van der Waals surface area contributed by atoms with E-state index in [2.05, 4.69) is 10.1 Å². The van der Waals surface area contributed by atoms with E-state index >= 15 is 0 Å². The summed E-state index contributed by atoms with van der Waals surface area (Å²) in [5.74, 6) is 0.587. The number of rotatable bonds is 6. The van der Waals surface area contributed by atoms with Crippen molar-refractivity contribution in [3.05, 3.63) is 72.2 Å². The molecule has 0 aliphatic heterocycles. The molecule has 0 fully saturated rings. The number of oxime groups is 1. The molecule has 0 saturated heterocycles. The second kappa shape index (κ2) is 7.41. The zero-order valence-corrected chi connectivity index (χ0v) is 12.9. The Morgan fingerprint density at radius 3 is 2.75 bits per heavy atom. The van der Waals surface area contributed by atoms with Crippen molar-refractivity contribution in [3.63, 3.8) is 0 Å². The number of hydrogen-bond acceptors (Lipinski definition) is 4. The molecule has 24 heavy (non-hydrogen) atoms. The highest BCUT2D eigenvalue weighted by molar-refractivity contribution is 5.82. The van der Waals surface area contributed by atoms with Crippen molar-refractivity contribution in [2.45, 2.75) is 6.61 Å². The first-order valence-electron chi connectivity index (χ1n) is 7.38. The molecule has 0 atom stereocenters. The zero-order valence-electron chi connectivity index (χ0n) is 12.9. The number of hydrogen-bond donors (Lipinski definition) is 1. The van der Waals surface area contributed by atoms with Crippen LogP contribution in [0.3, 0.4) is 0 Å². The first-order chi connectivity index (χ1) is 11.7. The molecule has 3 aromatic rings. The molecule has 2 aromatic carbocycles. The predicted molar refractivity (Wildman–Crippen MR) is 90.0 cm³/mol. The minimum Gasteiger partial charge on any atom is -0.486 e. The first kappa shape index (κ1) is 15.7. The minimum absolute atomic E-state index is 0.117. The van der Waals surface area contributed by atoms with E-state index in [0.29, 0.717) is 16.7 Å². The van der Waals surface area contributed by atoms with Crippen LogP contribution in [-0.4, -0.2) is 17.4 Å². The maximum absolute atomic E-state index is 13.7. The molecule has 0 bridgehead atoms. The number of aromatic nitrogens is 1. The Morgan fingerprint density at radius 1 is 1.08 bits per heavy atom. The lowest BCUT2D eigenvalue weighted by atomic mass is 10.1. The molecule has 0 aliphatic rings. The summed E-state index contributed by atoms with van der Waals surface area (Å²) in [5.41, 5.74) is 7.02. The number of halogens is 1. The summed E-state index contributed by atoms with van der Waals surface area (Å²) in [5, 5.41) is 4.26. The van der Waals surface area contributed by atoms with Crippen molar-refractivity contribution in [1.82, 2.24) is 4.98 Å². The fourth-order valence-electron chi connectivity index (χ4n) is 2.20. The van der Waals surface area contributed by atoms with Crippen molar-refractivity contribution in [1.29, 1.82) is 0 Å². The lowest BCUT2D eigenvalue weighted by Crippen LogP contribution is -2.21. The van der Waals surface area contributed by atoms with Crippen molar-refractivity contribution in [2.24, 2.45) is 10.9 Å². The van der Waals surface area contributed by atoms with Crippen molar-refractivity contribution in [3.8, 4) is 5.75 Å². The van der Waals surface area contributed by atoms with E-state index in [1.807, 2.05) is 30.3 Å². The van der Waals surface area contributed by atoms with E-state index in [0.717, 1.165) is 5.56 Å². The summed E-state index contributed by atoms with van der Waals surface area (Å²) in [6.07, 6.45) is 1.61. The number of fused-ring (bicyclic) bond motifs is 1. The highest BCUT2D eigenvalue weighted by Crippen LogP contribution is 2.20. The first-order valence-corrected chi connectivity index (χ1v) is 7.38. The average molecular weight is 325 g/mol. The normalized spacial score (nSPS) is 11.5. The van der Waals surface area contributed by atoms with Gasteiger partial charge in [0.25, 0.3) is 0 Å². The van der Waals surface area contributed by atoms with Gasteiger partial charge in [0.15, 0.2) is 5.84 Å². The molecule has 0 amide bonds. The highest BCUT2D eigenvalue weighted by atomic mass is 19.1. The molecule has 2 N–H and O–H groups in total. The lowest BCUT2D eigenvalue weighted by molar-refractivity contribution is 0.129. The van der Waals surface area contributed by atoms with Crippen LogP contribution >= 0.6 is 0 Å². The predicted octanol–water partition coefficient (Wildman–Crippen LogP) is 3.24. The molecular formula is C18H16FN3O2. The fourth-order valence-corrected chi connectivity index (χ4v) is 2.20. The van der Waals surface area contributed by atoms with Crippen molar-refractivity contribution >= 4 is 16.7 Å². The van der Waals surface area contributed by atoms with Gasteiger partial charge in [0, 0.05) is 17.1 Å². The molecule has 0 aliphatic carbocycles. The van der Waals surface area contributed by atoms with E-state index in [1.165, 1.54) is 6.07 Å². The monoisotopic (exact) mass is 325 g/mol. The SMILES string of the molecule is NC(COc1ccccc1)=NOCc1ccc(F)c2cccnc12. The molecule has 1 heterocycles. The molecule has 0 radical (unpaired) electrons. The Balaban J connectivity index is 1.61. The molecule has 0 saturated carbocycles. The third kappa shape index (κ3) is 3.78. The molecule has 3 rings (SSSR count). The van der Waals surface area contributed by atoms with Crippen LogP contribution in [0.15, 0.2) is 65.9 Å². The third-order valence-electron chi connectivity index (χ3n) is 3.33. The van der Waals surface area contributed by atoms with E-state index in [9.17, 15) is 4.39 Å². The van der Waals surface area contributed by atoms with Crippen LogP contribution in [0.25, 0.3) is 10.9 Å². The summed E-state index contributed by atoms with van der Waals surface area (Å²) >= 11 is 0. The van der Waals surface area contributed by atoms with Crippen LogP contribution in [-0.2, 0) is 11.4 Å². The van der Waals surface area contributed by atoms with Crippen LogP contribution in [0, 0.1) is 5.82 Å². The van der Waals surface area contributed by atoms with E-state index in [1.54, 1.807) is 24.4 Å². The molecule has 122 valence electrons. The van der Waals surface area contributed by atoms with Gasteiger partial charge >= 0.3 is 0 Å². The molecule has 0 unspecified atom stereocenters. The van der Waals surface area contributed by atoms with E-state index < -0.39 is 0 Å². The molecular weight excluding hydrogens is 309 g/mol. The van der Waals surface area contributed by atoms with Gasteiger partial charge in [-0.3, -0.25) is 4.98 Å². The number of nitrogens with zero attached hydrogens (tertiary/aromatic N) is 2. The van der Waals surface area contributed by atoms with Gasteiger partial charge in [-0.1, -0.05) is 29.4 Å². The summed E-state index contributed by atoms with van der Waals surface area (Å²) in [7, 11) is 0. The van der Waals surface area contributed by atoms with Gasteiger partial charge in [-0.05, 0) is 30.3 Å². The van der Waals surface area contributed by atoms with Gasteiger partial charge in [0.1, 0.15) is 24.8 Å². The average Bonchev–Trinajstić information content (AvgIpc) is 2.63. The number of benzene rings is 2. The Kier molecular flexibility index (Phi) is 4.86. The maximum atomic E-state index is 13.7. The summed E-state index contributed by atoms with van der Waals surface area (Å²) in [4.78, 5) is 9.43. The standard InChI is InChI=1S/C18H16FN3O2/c19-16-9-8-13(18-15(16)7-4-10-21-18)11-24-22-17(20)12-23-14-5-2-1-3-6-14/h1-10H,11-12H2,(H2,20,22). The van der Waals surface area contributed by atoms with Crippen molar-refractivity contribution in [2.75, 3.05) is 6.61 Å². The molecule has 1 aromatic heterocycles. The Labute approximate surface area is 138 Å². The van der Waals surface area contributed by atoms with Gasteiger partial charge in [-0.15, -0.1) is 0 Å². The fraction of sp³-hybridized carbons (Fsp3) is 0.111. The second-order valence-corrected chi connectivity index (χ2v) is 5.06. The van der Waals surface area contributed by atoms with Gasteiger partial charge in [0.05, 0.1) is 5.52 Å². The molecule has 0 spiro atoms. The molecule has 6 heteroatoms. The number of nitrogens with two attached hydrogens (primary N) is 1. The van der Waals surface area contributed by atoms with Crippen LogP contribution in [0.1, 0.15) is 5.56 Å². The number of pyridine rings is 1. The van der Waals surface area contributed by atoms with Crippen LogP contribution in [0.2, 0.25) is 0 Å². The largest absolute Gasteiger partial charge is 0.486 e. The number of ether oxygens (including phenoxy) is 1. The van der Waals surface area contributed by atoms with Gasteiger partial charge < -0.3 is 15.3 Å². The van der Waals surface area contributed by atoms with Crippen molar-refractivity contribution < 1.29 is 14.0 Å². The maximum Gasteiger partial charge on any atom is 0.177 e. The summed E-state index contributed by atoms with van der Waals surface area (Å²) in [6, 6.07) is 15.6. The Bertz CT molecular complexity index is 853. The Morgan fingerprint density at radius 2 is 1.92 bits per heavy atom. The van der Waals surface area contributed by atoms with Gasteiger partial charge in [0.2, 0.25) is 0 Å². The minimum atomic E-state index is -0.318. The highest BCUT2D eigenvalue weighted by Gasteiger charge is 2.07. The topological polar surface area (TPSA) is 69.7 Å². The van der Waals surface area contributed by atoms with Crippen LogP contribution in [0.5, 0.6) is 5.75 Å². The van der Waals surface area contributed by atoms with E-state index in [-0.39, 0.29) is 24.9 Å². The zero-order chi connectivity index (χ0) is 16.8. The third-order valence-corrected chi connectivity index (χ3v) is 3.33. The summed E-state index contributed by atoms with van der Waals surface area (Å²) < 4.78 is 19.2. The van der Waals surface area contributed by atoms with Gasteiger partial charge in [-0.25, -0.2) is 4.39 Å². The van der Waals surface area contributed by atoms with Crippen LogP contribution < -0.4 is 10.5 Å². The smallest absolute Gasteiger partial charge is 0.177 e. The Hall–Kier alpha value is -3.15. The van der Waals surface area contributed by atoms with Gasteiger partial charge in [-0.2, -0.15) is 0 Å². The lowest BCUT2D eigenvalue weighted by Gasteiger charge is -2.07. The van der Waals surface area contributed by atoms with Crippen LogP contribution in [0.4, 0.5) is 4.39 Å².